The van der Waals surface area contributed by atoms with Crippen LogP contribution in [-0.4, -0.2) is 6.15 Å². The number of nitrogens with two attached hydrogens (primary N) is 1. The van der Waals surface area contributed by atoms with Gasteiger partial charge >= 0.3 is 0 Å². The van der Waals surface area contributed by atoms with Gasteiger partial charge in [0.05, 0.1) is 0 Å². The van der Waals surface area contributed by atoms with Crippen LogP contribution in [-0.2, 0) is 0 Å². The van der Waals surface area contributed by atoms with E-state index in [-0.39, 0.29) is 0 Å². The topological polar surface area (TPSA) is 26.0 Å². The Morgan fingerprint density at radius 2 is 0.531 bits per heavy atom. The fraction of sp³-hybridized carbons (Fsp3) is 0. The maximum atomic E-state index is 5.36. The molecule has 0 bridgehead atoms. The fourth-order valence-corrected chi connectivity index (χ4v) is 4.57. The lowest BCUT2D eigenvalue weighted by Gasteiger charge is -2.44. The minimum atomic E-state index is -1.22. The molecule has 156 valence electrons. The van der Waals surface area contributed by atoms with Crippen LogP contribution in [0.2, 0.25) is 0 Å². The largest absolute Gasteiger partial charge is 0.399 e. The van der Waals surface area contributed by atoms with Gasteiger partial charge in [0.2, 0.25) is 0 Å². The maximum absolute atomic E-state index is 5.36. The molecular formula is C30H27BN-. The van der Waals surface area contributed by atoms with E-state index in [0.717, 1.165) is 5.69 Å². The summed E-state index contributed by atoms with van der Waals surface area (Å²) in [5, 5.41) is 0. The number of benzene rings is 5. The van der Waals surface area contributed by atoms with Crippen molar-refractivity contribution in [2.75, 3.05) is 5.73 Å². The van der Waals surface area contributed by atoms with E-state index < -0.39 is 6.15 Å². The van der Waals surface area contributed by atoms with Gasteiger partial charge in [0.1, 0.15) is 6.15 Å². The van der Waals surface area contributed by atoms with Crippen molar-refractivity contribution >= 4 is 33.7 Å². The lowest BCUT2D eigenvalue weighted by molar-refractivity contribution is 1.66. The summed E-state index contributed by atoms with van der Waals surface area (Å²) >= 11 is 0. The third kappa shape index (κ3) is 4.50. The number of hydrogen-bond donors (Lipinski definition) is 1. The van der Waals surface area contributed by atoms with E-state index in [1.54, 1.807) is 0 Å². The second kappa shape index (κ2) is 10.3. The second-order valence-electron chi connectivity index (χ2n) is 7.92. The summed E-state index contributed by atoms with van der Waals surface area (Å²) in [5.74, 6) is 0. The van der Waals surface area contributed by atoms with Crippen LogP contribution in [0.15, 0.2) is 152 Å². The Bertz CT molecular complexity index is 1030. The zero-order valence-corrected chi connectivity index (χ0v) is 18.1. The van der Waals surface area contributed by atoms with Gasteiger partial charge in [0.15, 0.2) is 0 Å². The van der Waals surface area contributed by atoms with Crippen molar-refractivity contribution in [3.8, 4) is 0 Å². The van der Waals surface area contributed by atoms with E-state index in [0.29, 0.717) is 0 Å². The van der Waals surface area contributed by atoms with E-state index in [4.69, 9.17) is 5.73 Å². The summed E-state index contributed by atoms with van der Waals surface area (Å²) in [6.45, 7) is 0. The number of rotatable bonds is 4. The van der Waals surface area contributed by atoms with Crippen molar-refractivity contribution < 1.29 is 0 Å². The Morgan fingerprint density at radius 1 is 0.312 bits per heavy atom. The van der Waals surface area contributed by atoms with Gasteiger partial charge in [-0.15, -0.1) is 0 Å². The summed E-state index contributed by atoms with van der Waals surface area (Å²) in [7, 11) is 0. The molecule has 0 unspecified atom stereocenters. The monoisotopic (exact) mass is 412 g/mol. The van der Waals surface area contributed by atoms with E-state index in [2.05, 4.69) is 121 Å². The van der Waals surface area contributed by atoms with E-state index >= 15 is 0 Å². The number of para-hydroxylation sites is 1. The molecular weight excluding hydrogens is 385 g/mol. The summed E-state index contributed by atoms with van der Waals surface area (Å²) in [4.78, 5) is 0. The number of hydrogen-bond acceptors (Lipinski definition) is 1. The van der Waals surface area contributed by atoms with Crippen LogP contribution in [0.3, 0.4) is 0 Å². The lowest BCUT2D eigenvalue weighted by atomic mass is 9.13. The van der Waals surface area contributed by atoms with E-state index in [1.807, 2.05) is 30.3 Å². The Hall–Kier alpha value is -4.04. The van der Waals surface area contributed by atoms with Crippen molar-refractivity contribution in [2.45, 2.75) is 0 Å². The molecule has 0 fully saturated rings. The van der Waals surface area contributed by atoms with Gasteiger partial charge in [-0.3, -0.25) is 0 Å². The van der Waals surface area contributed by atoms with Crippen molar-refractivity contribution in [3.63, 3.8) is 0 Å². The Labute approximate surface area is 191 Å². The SMILES string of the molecule is Nc1ccccc1.c1ccc([B-](c2ccccc2)(c2ccccc2)c2ccccc2)cc1. The molecule has 0 aliphatic heterocycles. The molecule has 0 saturated heterocycles. The average Bonchev–Trinajstić information content (AvgIpc) is 2.88. The van der Waals surface area contributed by atoms with Crippen molar-refractivity contribution in [1.82, 2.24) is 0 Å². The molecule has 0 amide bonds. The average molecular weight is 412 g/mol. The first kappa shape index (κ1) is 21.2. The highest BCUT2D eigenvalue weighted by molar-refractivity contribution is 7.19. The van der Waals surface area contributed by atoms with Crippen molar-refractivity contribution in [1.29, 1.82) is 0 Å². The molecule has 2 N–H and O–H groups in total. The van der Waals surface area contributed by atoms with Crippen molar-refractivity contribution in [3.05, 3.63) is 152 Å². The van der Waals surface area contributed by atoms with Gasteiger partial charge in [-0.2, -0.15) is 21.9 Å². The normalized spacial score (nSPS) is 10.6. The van der Waals surface area contributed by atoms with E-state index in [1.165, 1.54) is 21.9 Å². The molecule has 0 spiro atoms. The molecule has 5 rings (SSSR count). The molecule has 5 aromatic rings. The first-order valence-electron chi connectivity index (χ1n) is 11.0. The summed E-state index contributed by atoms with van der Waals surface area (Å²) in [6.07, 6.45) is -1.22. The molecule has 0 saturated carbocycles. The highest BCUT2D eigenvalue weighted by Gasteiger charge is 2.30. The van der Waals surface area contributed by atoms with Gasteiger partial charge < -0.3 is 5.73 Å². The second-order valence-corrected chi connectivity index (χ2v) is 7.92. The maximum Gasteiger partial charge on any atom is 0.108 e. The quantitative estimate of drug-likeness (QED) is 0.345. The smallest absolute Gasteiger partial charge is 0.108 e. The lowest BCUT2D eigenvalue weighted by Crippen LogP contribution is -2.74. The fourth-order valence-electron chi connectivity index (χ4n) is 4.57. The van der Waals surface area contributed by atoms with Gasteiger partial charge in [-0.25, -0.2) is 0 Å². The predicted octanol–water partition coefficient (Wildman–Crippen LogP) is 4.33. The van der Waals surface area contributed by atoms with Gasteiger partial charge in [-0.1, -0.05) is 140 Å². The standard InChI is InChI=1S/C24H20B.C6H7N/c1-5-13-21(14-6-1)25(22-15-7-2-8-16-22,23-17-9-3-10-18-23)24-19-11-4-12-20-24;7-6-4-2-1-3-5-6/h1-20H;1-5H,7H2/q-1;. The van der Waals surface area contributed by atoms with Crippen LogP contribution >= 0.6 is 0 Å². The molecule has 5 aromatic carbocycles. The number of anilines is 1. The summed E-state index contributed by atoms with van der Waals surface area (Å²) in [6, 6.07) is 53.0. The van der Waals surface area contributed by atoms with Crippen LogP contribution < -0.4 is 27.6 Å². The first-order chi connectivity index (χ1) is 15.8. The zero-order chi connectivity index (χ0) is 22.1. The molecule has 2 heteroatoms. The molecule has 32 heavy (non-hydrogen) atoms. The Morgan fingerprint density at radius 3 is 0.719 bits per heavy atom. The number of nitrogen functional groups attached to an aromatic ring is 1. The Balaban J connectivity index is 0.000000300. The van der Waals surface area contributed by atoms with Gasteiger partial charge in [-0.05, 0) is 12.1 Å². The molecule has 0 aliphatic carbocycles. The van der Waals surface area contributed by atoms with Gasteiger partial charge in [0, 0.05) is 5.69 Å². The van der Waals surface area contributed by atoms with Gasteiger partial charge in [0.25, 0.3) is 0 Å². The molecule has 0 radical (unpaired) electrons. The van der Waals surface area contributed by atoms with E-state index in [9.17, 15) is 0 Å². The van der Waals surface area contributed by atoms with Crippen LogP contribution in [0.5, 0.6) is 0 Å². The molecule has 1 nitrogen and oxygen atoms in total. The third-order valence-electron chi connectivity index (χ3n) is 6.00. The highest BCUT2D eigenvalue weighted by Crippen LogP contribution is 2.09. The summed E-state index contributed by atoms with van der Waals surface area (Å²) < 4.78 is 0. The highest BCUT2D eigenvalue weighted by atomic mass is 14.5. The minimum absolute atomic E-state index is 0.822. The first-order valence-corrected chi connectivity index (χ1v) is 11.0. The predicted molar refractivity (Wildman–Crippen MR) is 141 cm³/mol. The van der Waals surface area contributed by atoms with Crippen LogP contribution in [0.25, 0.3) is 0 Å². The van der Waals surface area contributed by atoms with Crippen LogP contribution in [0, 0.1) is 0 Å². The van der Waals surface area contributed by atoms with Crippen LogP contribution in [0.1, 0.15) is 0 Å². The third-order valence-corrected chi connectivity index (χ3v) is 6.00. The zero-order valence-electron chi connectivity index (χ0n) is 18.1. The minimum Gasteiger partial charge on any atom is -0.399 e. The molecule has 0 heterocycles. The van der Waals surface area contributed by atoms with Crippen LogP contribution in [0.4, 0.5) is 5.69 Å². The summed E-state index contributed by atoms with van der Waals surface area (Å²) in [5.41, 5.74) is 11.5. The van der Waals surface area contributed by atoms with Crippen molar-refractivity contribution in [2.24, 2.45) is 0 Å². The molecule has 0 aromatic heterocycles. The Kier molecular flexibility index (Phi) is 6.84. The molecule has 0 aliphatic rings. The molecule has 0 atom stereocenters.